The first-order valence-electron chi connectivity index (χ1n) is 6.49. The molecule has 1 aliphatic heterocycles. The molecule has 0 aliphatic carbocycles. The summed E-state index contributed by atoms with van der Waals surface area (Å²) in [5.74, 6) is 1.74. The van der Waals surface area contributed by atoms with Crippen molar-refractivity contribution in [3.63, 3.8) is 0 Å². The number of para-hydroxylation sites is 1. The third-order valence-corrected chi connectivity index (χ3v) is 4.14. The van der Waals surface area contributed by atoms with Crippen LogP contribution >= 0.6 is 0 Å². The number of nitrogens with zero attached hydrogens (tertiary/aromatic N) is 1. The maximum Gasteiger partial charge on any atom is 0.0395 e. The Kier molecular flexibility index (Phi) is 3.52. The molecule has 0 radical (unpaired) electrons. The molecule has 0 N–H and O–H groups in total. The summed E-state index contributed by atoms with van der Waals surface area (Å²) in [4.78, 5) is 2.56. The summed E-state index contributed by atoms with van der Waals surface area (Å²) in [6.07, 6.45) is 2.66. The average Bonchev–Trinajstić information content (AvgIpc) is 2.44. The Labute approximate surface area is 99.5 Å². The van der Waals surface area contributed by atoms with E-state index in [4.69, 9.17) is 0 Å². The monoisotopic (exact) mass is 217 g/mol. The van der Waals surface area contributed by atoms with E-state index < -0.39 is 0 Å². The number of hydrogen-bond donors (Lipinski definition) is 0. The van der Waals surface area contributed by atoms with Crippen LogP contribution in [0.2, 0.25) is 0 Å². The number of hydrogen-bond acceptors (Lipinski definition) is 1. The summed E-state index contributed by atoms with van der Waals surface area (Å²) in [6, 6.07) is 8.76. The van der Waals surface area contributed by atoms with Crippen molar-refractivity contribution >= 4 is 5.69 Å². The molecule has 1 aliphatic rings. The molecule has 1 nitrogen and oxygen atoms in total. The Bertz CT molecular complexity index is 333. The van der Waals surface area contributed by atoms with Crippen LogP contribution in [0.3, 0.4) is 0 Å². The molecule has 0 spiro atoms. The van der Waals surface area contributed by atoms with Crippen LogP contribution in [0, 0.1) is 18.8 Å². The van der Waals surface area contributed by atoms with Gasteiger partial charge >= 0.3 is 0 Å². The molecule has 16 heavy (non-hydrogen) atoms. The van der Waals surface area contributed by atoms with Gasteiger partial charge in [0.1, 0.15) is 0 Å². The van der Waals surface area contributed by atoms with Gasteiger partial charge in [0.25, 0.3) is 0 Å². The zero-order chi connectivity index (χ0) is 11.5. The summed E-state index contributed by atoms with van der Waals surface area (Å²) in [7, 11) is 0. The Morgan fingerprint density at radius 1 is 1.00 bits per heavy atom. The molecule has 1 aromatic carbocycles. The maximum atomic E-state index is 2.56. The normalized spacial score (nSPS) is 26.6. The van der Waals surface area contributed by atoms with Gasteiger partial charge in [-0.1, -0.05) is 32.0 Å². The van der Waals surface area contributed by atoms with Crippen molar-refractivity contribution < 1.29 is 0 Å². The third kappa shape index (κ3) is 2.40. The molecule has 2 atom stereocenters. The zero-order valence-electron chi connectivity index (χ0n) is 10.7. The predicted octanol–water partition coefficient (Wildman–Crippen LogP) is 3.87. The maximum absolute atomic E-state index is 2.56. The van der Waals surface area contributed by atoms with Crippen molar-refractivity contribution in [1.29, 1.82) is 0 Å². The van der Waals surface area contributed by atoms with Crippen molar-refractivity contribution in [2.24, 2.45) is 11.8 Å². The quantitative estimate of drug-likeness (QED) is 0.690. The number of anilines is 1. The fourth-order valence-corrected chi connectivity index (χ4v) is 2.56. The van der Waals surface area contributed by atoms with Crippen molar-refractivity contribution in [3.8, 4) is 0 Å². The molecular formula is C15H23N. The fraction of sp³-hybridized carbons (Fsp3) is 0.600. The summed E-state index contributed by atoms with van der Waals surface area (Å²) in [6.45, 7) is 9.44. The first-order chi connectivity index (χ1) is 7.68. The van der Waals surface area contributed by atoms with E-state index >= 15 is 0 Å². The standard InChI is InChI=1S/C15H23N/c1-12-8-10-16(11-9-13(12)2)15-7-5-4-6-14(15)3/h4-7,12-13H,8-11H2,1-3H3. The highest BCUT2D eigenvalue weighted by molar-refractivity contribution is 5.52. The third-order valence-electron chi connectivity index (χ3n) is 4.14. The number of aryl methyl sites for hydroxylation is 1. The lowest BCUT2D eigenvalue weighted by Gasteiger charge is -2.24. The van der Waals surface area contributed by atoms with E-state index in [1.54, 1.807) is 0 Å². The van der Waals surface area contributed by atoms with E-state index in [0.29, 0.717) is 0 Å². The summed E-state index contributed by atoms with van der Waals surface area (Å²) in [5.41, 5.74) is 2.84. The molecule has 88 valence electrons. The first-order valence-corrected chi connectivity index (χ1v) is 6.49. The van der Waals surface area contributed by atoms with Crippen LogP contribution in [0.5, 0.6) is 0 Å². The van der Waals surface area contributed by atoms with E-state index in [2.05, 4.69) is 49.9 Å². The van der Waals surface area contributed by atoms with Crippen LogP contribution in [0.1, 0.15) is 32.3 Å². The molecule has 0 aromatic heterocycles. The molecule has 2 rings (SSSR count). The summed E-state index contributed by atoms with van der Waals surface area (Å²) in [5, 5.41) is 0. The highest BCUT2D eigenvalue weighted by atomic mass is 15.1. The lowest BCUT2D eigenvalue weighted by Crippen LogP contribution is -2.24. The Morgan fingerprint density at radius 2 is 1.56 bits per heavy atom. The van der Waals surface area contributed by atoms with Gasteiger partial charge in [-0.25, -0.2) is 0 Å². The van der Waals surface area contributed by atoms with Gasteiger partial charge in [0.05, 0.1) is 0 Å². The average molecular weight is 217 g/mol. The molecule has 0 bridgehead atoms. The summed E-state index contributed by atoms with van der Waals surface area (Å²) < 4.78 is 0. The van der Waals surface area contributed by atoms with Crippen LogP contribution in [0.4, 0.5) is 5.69 Å². The van der Waals surface area contributed by atoms with Gasteiger partial charge in [-0.05, 0) is 43.2 Å². The molecule has 1 heteroatoms. The fourth-order valence-electron chi connectivity index (χ4n) is 2.56. The van der Waals surface area contributed by atoms with Crippen LogP contribution in [-0.4, -0.2) is 13.1 Å². The van der Waals surface area contributed by atoms with Gasteiger partial charge in [-0.15, -0.1) is 0 Å². The molecule has 1 fully saturated rings. The Balaban J connectivity index is 2.14. The van der Waals surface area contributed by atoms with Gasteiger partial charge < -0.3 is 4.90 Å². The molecule has 1 saturated heterocycles. The molecule has 1 heterocycles. The smallest absolute Gasteiger partial charge is 0.0395 e. The molecule has 1 aromatic rings. The SMILES string of the molecule is Cc1ccccc1N1CCC(C)C(C)CC1. The largest absolute Gasteiger partial charge is 0.371 e. The van der Waals surface area contributed by atoms with E-state index in [0.717, 1.165) is 11.8 Å². The van der Waals surface area contributed by atoms with E-state index in [1.807, 2.05) is 0 Å². The Hall–Kier alpha value is -0.980. The lowest BCUT2D eigenvalue weighted by molar-refractivity contribution is 0.378. The molecule has 2 unspecified atom stereocenters. The van der Waals surface area contributed by atoms with Gasteiger partial charge in [0.15, 0.2) is 0 Å². The number of benzene rings is 1. The van der Waals surface area contributed by atoms with E-state index in [1.165, 1.54) is 37.2 Å². The minimum Gasteiger partial charge on any atom is -0.371 e. The summed E-state index contributed by atoms with van der Waals surface area (Å²) >= 11 is 0. The van der Waals surface area contributed by atoms with E-state index in [-0.39, 0.29) is 0 Å². The van der Waals surface area contributed by atoms with Crippen molar-refractivity contribution in [2.75, 3.05) is 18.0 Å². The topological polar surface area (TPSA) is 3.24 Å². The van der Waals surface area contributed by atoms with Crippen LogP contribution < -0.4 is 4.90 Å². The second-order valence-electron chi connectivity index (χ2n) is 5.31. The van der Waals surface area contributed by atoms with Gasteiger partial charge in [0, 0.05) is 18.8 Å². The van der Waals surface area contributed by atoms with E-state index in [9.17, 15) is 0 Å². The molecular weight excluding hydrogens is 194 g/mol. The lowest BCUT2D eigenvalue weighted by atomic mass is 9.92. The predicted molar refractivity (Wildman–Crippen MR) is 71.0 cm³/mol. The Morgan fingerprint density at radius 3 is 2.12 bits per heavy atom. The van der Waals surface area contributed by atoms with Crippen molar-refractivity contribution in [1.82, 2.24) is 0 Å². The van der Waals surface area contributed by atoms with Crippen LogP contribution in [-0.2, 0) is 0 Å². The highest BCUT2D eigenvalue weighted by Crippen LogP contribution is 2.27. The second-order valence-corrected chi connectivity index (χ2v) is 5.31. The zero-order valence-corrected chi connectivity index (χ0v) is 10.7. The van der Waals surface area contributed by atoms with Crippen molar-refractivity contribution in [2.45, 2.75) is 33.6 Å². The first kappa shape index (κ1) is 11.5. The van der Waals surface area contributed by atoms with Gasteiger partial charge in [0.2, 0.25) is 0 Å². The minimum absolute atomic E-state index is 0.869. The minimum atomic E-state index is 0.869. The van der Waals surface area contributed by atoms with Gasteiger partial charge in [-0.3, -0.25) is 0 Å². The molecule has 0 amide bonds. The molecule has 0 saturated carbocycles. The highest BCUT2D eigenvalue weighted by Gasteiger charge is 2.20. The van der Waals surface area contributed by atoms with Gasteiger partial charge in [-0.2, -0.15) is 0 Å². The number of rotatable bonds is 1. The van der Waals surface area contributed by atoms with Crippen LogP contribution in [0.25, 0.3) is 0 Å². The van der Waals surface area contributed by atoms with Crippen LogP contribution in [0.15, 0.2) is 24.3 Å². The van der Waals surface area contributed by atoms with Crippen molar-refractivity contribution in [3.05, 3.63) is 29.8 Å². The second kappa shape index (κ2) is 4.90.